The zero-order valence-corrected chi connectivity index (χ0v) is 12.1. The van der Waals surface area contributed by atoms with Crippen molar-refractivity contribution < 1.29 is 4.79 Å². The van der Waals surface area contributed by atoms with Crippen LogP contribution in [-0.4, -0.2) is 30.4 Å². The van der Waals surface area contributed by atoms with Gasteiger partial charge in [-0.25, -0.2) is 0 Å². The lowest BCUT2D eigenvalue weighted by molar-refractivity contribution is -0.132. The normalized spacial score (nSPS) is 19.3. The van der Waals surface area contributed by atoms with Crippen LogP contribution in [0.25, 0.3) is 0 Å². The molecule has 1 amide bonds. The highest BCUT2D eigenvalue weighted by molar-refractivity contribution is 6.30. The van der Waals surface area contributed by atoms with E-state index in [-0.39, 0.29) is 5.91 Å². The van der Waals surface area contributed by atoms with Crippen molar-refractivity contribution >= 4 is 23.2 Å². The van der Waals surface area contributed by atoms with Crippen molar-refractivity contribution in [1.29, 1.82) is 0 Å². The number of hydrogen-bond donors (Lipinski definition) is 1. The smallest absolute Gasteiger partial charge is 0.224 e. The lowest BCUT2D eigenvalue weighted by Gasteiger charge is -2.31. The maximum absolute atomic E-state index is 12.1. The molecule has 0 bridgehead atoms. The summed E-state index contributed by atoms with van der Waals surface area (Å²) in [7, 11) is 0. The minimum absolute atomic E-state index is 0.257. The number of halogens is 1. The summed E-state index contributed by atoms with van der Waals surface area (Å²) in [6, 6.07) is 7.54. The Hall–Kier alpha value is -1.22. The Morgan fingerprint density at radius 1 is 1.42 bits per heavy atom. The number of benzene rings is 1. The molecule has 2 rings (SSSR count). The molecule has 0 spiro atoms. The molecule has 1 aliphatic rings. The molecule has 104 valence electrons. The van der Waals surface area contributed by atoms with Crippen LogP contribution in [0.2, 0.25) is 5.02 Å². The van der Waals surface area contributed by atoms with Gasteiger partial charge < -0.3 is 10.2 Å². The molecule has 1 atom stereocenters. The van der Waals surface area contributed by atoms with Gasteiger partial charge in [-0.1, -0.05) is 18.5 Å². The summed E-state index contributed by atoms with van der Waals surface area (Å²) < 4.78 is 0. The van der Waals surface area contributed by atoms with Gasteiger partial charge in [0.15, 0.2) is 0 Å². The number of anilines is 1. The van der Waals surface area contributed by atoms with Gasteiger partial charge in [-0.2, -0.15) is 0 Å². The number of rotatable bonds is 4. The standard InChI is InChI=1S/C15H21ClN2O/c1-12-3-2-10-18(11-12)15(19)8-9-17-14-6-4-13(16)5-7-14/h4-7,12,17H,2-3,8-11H2,1H3. The fourth-order valence-corrected chi connectivity index (χ4v) is 2.58. The molecular formula is C15H21ClN2O. The SMILES string of the molecule is CC1CCCN(C(=O)CCNc2ccc(Cl)cc2)C1. The molecule has 0 aromatic heterocycles. The third kappa shape index (κ3) is 4.43. The minimum Gasteiger partial charge on any atom is -0.385 e. The molecule has 0 saturated carbocycles. The highest BCUT2D eigenvalue weighted by Crippen LogP contribution is 2.16. The molecule has 1 aromatic carbocycles. The number of piperidine rings is 1. The first-order valence-electron chi connectivity index (χ1n) is 6.92. The van der Waals surface area contributed by atoms with E-state index in [1.54, 1.807) is 0 Å². The Morgan fingerprint density at radius 2 is 2.16 bits per heavy atom. The third-order valence-electron chi connectivity index (χ3n) is 3.52. The Kier molecular flexibility index (Phi) is 5.08. The number of hydrogen-bond acceptors (Lipinski definition) is 2. The fourth-order valence-electron chi connectivity index (χ4n) is 2.46. The van der Waals surface area contributed by atoms with Crippen LogP contribution in [0, 0.1) is 5.92 Å². The summed E-state index contributed by atoms with van der Waals surface area (Å²) in [4.78, 5) is 14.1. The second-order valence-electron chi connectivity index (χ2n) is 5.27. The van der Waals surface area contributed by atoms with Crippen LogP contribution < -0.4 is 5.32 Å². The highest BCUT2D eigenvalue weighted by Gasteiger charge is 2.20. The van der Waals surface area contributed by atoms with Gasteiger partial charge >= 0.3 is 0 Å². The second kappa shape index (κ2) is 6.80. The van der Waals surface area contributed by atoms with Crippen molar-refractivity contribution in [3.63, 3.8) is 0 Å². The maximum atomic E-state index is 12.1. The summed E-state index contributed by atoms with van der Waals surface area (Å²) in [6.07, 6.45) is 2.93. The predicted molar refractivity (Wildman–Crippen MR) is 79.5 cm³/mol. The molecule has 0 aliphatic carbocycles. The van der Waals surface area contributed by atoms with Gasteiger partial charge in [0.1, 0.15) is 0 Å². The highest BCUT2D eigenvalue weighted by atomic mass is 35.5. The average molecular weight is 281 g/mol. The Balaban J connectivity index is 1.73. The van der Waals surface area contributed by atoms with Crippen molar-refractivity contribution in [3.05, 3.63) is 29.3 Å². The number of amides is 1. The van der Waals surface area contributed by atoms with E-state index in [1.807, 2.05) is 29.2 Å². The predicted octanol–water partition coefficient (Wildman–Crippen LogP) is 3.40. The van der Waals surface area contributed by atoms with E-state index in [1.165, 1.54) is 6.42 Å². The molecule has 3 nitrogen and oxygen atoms in total. The quantitative estimate of drug-likeness (QED) is 0.917. The van der Waals surface area contributed by atoms with Crippen LogP contribution in [0.3, 0.4) is 0 Å². The molecule has 0 radical (unpaired) electrons. The lowest BCUT2D eigenvalue weighted by Crippen LogP contribution is -2.39. The van der Waals surface area contributed by atoms with Crippen molar-refractivity contribution in [3.8, 4) is 0 Å². The van der Waals surface area contributed by atoms with Crippen LogP contribution in [0.1, 0.15) is 26.2 Å². The van der Waals surface area contributed by atoms with E-state index < -0.39 is 0 Å². The van der Waals surface area contributed by atoms with E-state index in [9.17, 15) is 4.79 Å². The Morgan fingerprint density at radius 3 is 2.84 bits per heavy atom. The molecule has 1 aromatic rings. The Labute approximate surface area is 119 Å². The topological polar surface area (TPSA) is 32.3 Å². The van der Waals surface area contributed by atoms with Gasteiger partial charge in [-0.15, -0.1) is 0 Å². The fraction of sp³-hybridized carbons (Fsp3) is 0.533. The summed E-state index contributed by atoms with van der Waals surface area (Å²) in [5.74, 6) is 0.898. The molecule has 1 N–H and O–H groups in total. The minimum atomic E-state index is 0.257. The van der Waals surface area contributed by atoms with Crippen LogP contribution in [-0.2, 0) is 4.79 Å². The molecular weight excluding hydrogens is 260 g/mol. The maximum Gasteiger partial charge on any atom is 0.224 e. The Bertz CT molecular complexity index is 419. The largest absolute Gasteiger partial charge is 0.385 e. The van der Waals surface area contributed by atoms with E-state index in [2.05, 4.69) is 12.2 Å². The first kappa shape index (κ1) is 14.2. The first-order chi connectivity index (χ1) is 9.15. The van der Waals surface area contributed by atoms with Gasteiger partial charge in [-0.3, -0.25) is 4.79 Å². The van der Waals surface area contributed by atoms with Crippen molar-refractivity contribution in [1.82, 2.24) is 4.90 Å². The van der Waals surface area contributed by atoms with Gasteiger partial charge in [-0.05, 0) is 43.0 Å². The van der Waals surface area contributed by atoms with E-state index >= 15 is 0 Å². The first-order valence-corrected chi connectivity index (χ1v) is 7.30. The van der Waals surface area contributed by atoms with Gasteiger partial charge in [0.05, 0.1) is 0 Å². The number of carbonyl (C=O) groups excluding carboxylic acids is 1. The molecule has 1 unspecified atom stereocenters. The molecule has 1 aliphatic heterocycles. The number of nitrogens with one attached hydrogen (secondary N) is 1. The summed E-state index contributed by atoms with van der Waals surface area (Å²) in [5.41, 5.74) is 1.00. The average Bonchev–Trinajstić information content (AvgIpc) is 2.41. The molecule has 1 heterocycles. The van der Waals surface area contributed by atoms with Crippen LogP contribution in [0.4, 0.5) is 5.69 Å². The van der Waals surface area contributed by atoms with Crippen LogP contribution >= 0.6 is 11.6 Å². The number of carbonyl (C=O) groups is 1. The molecule has 19 heavy (non-hydrogen) atoms. The van der Waals surface area contributed by atoms with Gasteiger partial charge in [0.25, 0.3) is 0 Å². The summed E-state index contributed by atoms with van der Waals surface area (Å²) >= 11 is 5.82. The van der Waals surface area contributed by atoms with E-state index in [0.29, 0.717) is 18.9 Å². The van der Waals surface area contributed by atoms with Crippen molar-refractivity contribution in [2.45, 2.75) is 26.2 Å². The summed E-state index contributed by atoms with van der Waals surface area (Å²) in [5, 5.41) is 3.97. The van der Waals surface area contributed by atoms with E-state index in [0.717, 1.165) is 30.2 Å². The zero-order valence-electron chi connectivity index (χ0n) is 11.4. The molecule has 1 saturated heterocycles. The molecule has 4 heteroatoms. The van der Waals surface area contributed by atoms with Crippen LogP contribution in [0.15, 0.2) is 24.3 Å². The lowest BCUT2D eigenvalue weighted by atomic mass is 10.00. The van der Waals surface area contributed by atoms with Gasteiger partial charge in [0.2, 0.25) is 5.91 Å². The van der Waals surface area contributed by atoms with Crippen molar-refractivity contribution in [2.24, 2.45) is 5.92 Å². The number of nitrogens with zero attached hydrogens (tertiary/aromatic N) is 1. The summed E-state index contributed by atoms with van der Waals surface area (Å²) in [6.45, 7) is 4.72. The second-order valence-corrected chi connectivity index (χ2v) is 5.71. The van der Waals surface area contributed by atoms with Crippen LogP contribution in [0.5, 0.6) is 0 Å². The monoisotopic (exact) mass is 280 g/mol. The van der Waals surface area contributed by atoms with E-state index in [4.69, 9.17) is 11.6 Å². The zero-order chi connectivity index (χ0) is 13.7. The van der Waals surface area contributed by atoms with Crippen molar-refractivity contribution in [2.75, 3.05) is 25.0 Å². The van der Waals surface area contributed by atoms with Gasteiger partial charge in [0, 0.05) is 36.8 Å². The molecule has 1 fully saturated rings. The number of likely N-dealkylation sites (tertiary alicyclic amines) is 1. The third-order valence-corrected chi connectivity index (χ3v) is 3.77.